The van der Waals surface area contributed by atoms with Crippen molar-refractivity contribution in [1.82, 2.24) is 0 Å². The Balaban J connectivity index is 1.47. The van der Waals surface area contributed by atoms with Gasteiger partial charge in [0, 0.05) is 5.56 Å². The number of quaternary nitrogens is 1. The van der Waals surface area contributed by atoms with Crippen LogP contribution in [0.25, 0.3) is 0 Å². The van der Waals surface area contributed by atoms with E-state index in [0.29, 0.717) is 17.7 Å². The summed E-state index contributed by atoms with van der Waals surface area (Å²) >= 11 is 0. The minimum absolute atomic E-state index is 0.134. The molecule has 224 valence electrons. The molecule has 1 atom stereocenters. The number of likely N-dealkylation sites (N-methyl/N-ethyl adjacent to an activating group) is 1. The Morgan fingerprint density at radius 3 is 1.82 bits per heavy atom. The number of aryl methyl sites for hydroxylation is 1. The average Bonchev–Trinajstić information content (AvgIpc) is 2.96. The number of esters is 1. The van der Waals surface area contributed by atoms with Gasteiger partial charge in [0.05, 0.1) is 27.3 Å². The highest BCUT2D eigenvalue weighted by Gasteiger charge is 2.32. The smallest absolute Gasteiger partial charge is 0.364 e. The van der Waals surface area contributed by atoms with Crippen molar-refractivity contribution in [3.8, 4) is 5.75 Å². The van der Waals surface area contributed by atoms with Crippen LogP contribution in [0.3, 0.4) is 0 Å². The lowest BCUT2D eigenvalue weighted by Gasteiger charge is -2.34. The first-order valence-corrected chi connectivity index (χ1v) is 16.2. The summed E-state index contributed by atoms with van der Waals surface area (Å²) in [5, 5.41) is 0. The summed E-state index contributed by atoms with van der Waals surface area (Å²) in [6, 6.07) is 18.7. The van der Waals surface area contributed by atoms with E-state index in [1.54, 1.807) is 0 Å². The fourth-order valence-electron chi connectivity index (χ4n) is 5.09. The third-order valence-electron chi connectivity index (χ3n) is 8.12. The van der Waals surface area contributed by atoms with Gasteiger partial charge in [-0.25, -0.2) is 4.79 Å². The van der Waals surface area contributed by atoms with Gasteiger partial charge in [0.2, 0.25) is 0 Å². The highest BCUT2D eigenvalue weighted by atomic mass is 16.5. The van der Waals surface area contributed by atoms with E-state index in [0.717, 1.165) is 31.6 Å². The van der Waals surface area contributed by atoms with Gasteiger partial charge in [0.25, 0.3) is 0 Å². The molecule has 0 aliphatic heterocycles. The predicted molar refractivity (Wildman–Crippen MR) is 169 cm³/mol. The molecule has 0 N–H and O–H groups in total. The zero-order valence-corrected chi connectivity index (χ0v) is 26.2. The Kier molecular flexibility index (Phi) is 17.4. The van der Waals surface area contributed by atoms with Gasteiger partial charge in [-0.15, -0.1) is 0 Å². The van der Waals surface area contributed by atoms with E-state index in [4.69, 9.17) is 9.47 Å². The third-order valence-corrected chi connectivity index (χ3v) is 8.12. The van der Waals surface area contributed by atoms with Gasteiger partial charge >= 0.3 is 5.97 Å². The monoisotopic (exact) mass is 552 g/mol. The molecule has 0 aliphatic carbocycles. The number of carbonyl (C=O) groups is 1. The Bertz CT molecular complexity index is 894. The molecule has 1 unspecified atom stereocenters. The topological polar surface area (TPSA) is 35.5 Å². The van der Waals surface area contributed by atoms with Crippen molar-refractivity contribution < 1.29 is 18.8 Å². The molecule has 0 bridgehead atoms. The van der Waals surface area contributed by atoms with Crippen LogP contribution in [0.1, 0.15) is 115 Å². The van der Waals surface area contributed by atoms with Crippen LogP contribution in [0.5, 0.6) is 5.75 Å². The molecule has 4 nitrogen and oxygen atoms in total. The van der Waals surface area contributed by atoms with Crippen LogP contribution in [0.4, 0.5) is 0 Å². The van der Waals surface area contributed by atoms with Gasteiger partial charge in [-0.1, -0.05) is 120 Å². The van der Waals surface area contributed by atoms with Crippen molar-refractivity contribution in [2.24, 2.45) is 0 Å². The summed E-state index contributed by atoms with van der Waals surface area (Å²) in [7, 11) is 4.16. The molecule has 0 aromatic heterocycles. The van der Waals surface area contributed by atoms with Gasteiger partial charge in [-0.2, -0.15) is 0 Å². The van der Waals surface area contributed by atoms with Crippen LogP contribution < -0.4 is 4.74 Å². The second-order valence-corrected chi connectivity index (χ2v) is 12.1. The standard InChI is InChI=1S/C36H58NO3/c1-5-6-7-8-9-10-11-12-13-14-15-17-22-33-25-27-35(28-26-33)39-29-20-21-30-40-36(38)32(2)37(3,4)31-34-23-18-16-19-24-34/h16,18-19,23-28,32H,5-15,17,20-22,29-31H2,1-4H3/q+1. The molecule has 0 saturated carbocycles. The summed E-state index contributed by atoms with van der Waals surface area (Å²) in [5.41, 5.74) is 2.62. The molecule has 2 rings (SSSR count). The van der Waals surface area contributed by atoms with Crippen LogP contribution in [-0.4, -0.2) is 43.8 Å². The number of ether oxygens (including phenoxy) is 2. The maximum absolute atomic E-state index is 12.6. The molecule has 2 aromatic carbocycles. The minimum Gasteiger partial charge on any atom is -0.494 e. The highest BCUT2D eigenvalue weighted by molar-refractivity contribution is 5.74. The van der Waals surface area contributed by atoms with Gasteiger partial charge in [-0.05, 0) is 50.3 Å². The quantitative estimate of drug-likeness (QED) is 0.0783. The number of hydrogen-bond acceptors (Lipinski definition) is 3. The van der Waals surface area contributed by atoms with E-state index in [1.807, 2.05) is 25.1 Å². The first kappa shape index (κ1) is 33.9. The largest absolute Gasteiger partial charge is 0.494 e. The fourth-order valence-corrected chi connectivity index (χ4v) is 5.09. The molecule has 0 heterocycles. The summed E-state index contributed by atoms with van der Waals surface area (Å²) in [6.45, 7) is 6.11. The molecule has 0 saturated heterocycles. The number of hydrogen-bond donors (Lipinski definition) is 0. The fraction of sp³-hybridized carbons (Fsp3) is 0.639. The number of carbonyl (C=O) groups excluding carboxylic acids is 1. The Morgan fingerprint density at radius 1 is 0.675 bits per heavy atom. The number of rotatable bonds is 23. The number of unbranched alkanes of at least 4 members (excludes halogenated alkanes) is 12. The number of nitrogens with zero attached hydrogens (tertiary/aromatic N) is 1. The van der Waals surface area contributed by atoms with Crippen molar-refractivity contribution in [3.63, 3.8) is 0 Å². The van der Waals surface area contributed by atoms with Gasteiger partial charge < -0.3 is 14.0 Å². The lowest BCUT2D eigenvalue weighted by Crippen LogP contribution is -2.51. The molecule has 0 fully saturated rings. The zero-order valence-electron chi connectivity index (χ0n) is 26.2. The summed E-state index contributed by atoms with van der Waals surface area (Å²) in [6.07, 6.45) is 19.5. The summed E-state index contributed by atoms with van der Waals surface area (Å²) in [4.78, 5) is 12.6. The average molecular weight is 553 g/mol. The van der Waals surface area contributed by atoms with Crippen molar-refractivity contribution in [2.75, 3.05) is 27.3 Å². The normalized spacial score (nSPS) is 12.3. The van der Waals surface area contributed by atoms with Crippen molar-refractivity contribution >= 4 is 5.97 Å². The molecule has 4 heteroatoms. The van der Waals surface area contributed by atoms with Crippen LogP contribution in [0, 0.1) is 0 Å². The van der Waals surface area contributed by atoms with Gasteiger partial charge in [-0.3, -0.25) is 0 Å². The van der Waals surface area contributed by atoms with E-state index in [9.17, 15) is 4.79 Å². The van der Waals surface area contributed by atoms with Gasteiger partial charge in [0.15, 0.2) is 6.04 Å². The molecular weight excluding hydrogens is 494 g/mol. The van der Waals surface area contributed by atoms with E-state index in [-0.39, 0.29) is 12.0 Å². The lowest BCUT2D eigenvalue weighted by molar-refractivity contribution is -0.917. The zero-order chi connectivity index (χ0) is 28.9. The lowest BCUT2D eigenvalue weighted by atomic mass is 10.0. The van der Waals surface area contributed by atoms with Crippen LogP contribution in [-0.2, 0) is 22.5 Å². The first-order valence-electron chi connectivity index (χ1n) is 16.2. The highest BCUT2D eigenvalue weighted by Crippen LogP contribution is 2.17. The van der Waals surface area contributed by atoms with Crippen LogP contribution in [0.15, 0.2) is 54.6 Å². The Morgan fingerprint density at radius 2 is 1.23 bits per heavy atom. The summed E-state index contributed by atoms with van der Waals surface area (Å²) < 4.78 is 12.1. The van der Waals surface area contributed by atoms with Crippen LogP contribution >= 0.6 is 0 Å². The van der Waals surface area contributed by atoms with E-state index in [2.05, 4.69) is 57.4 Å². The van der Waals surface area contributed by atoms with Crippen molar-refractivity contribution in [1.29, 1.82) is 0 Å². The van der Waals surface area contributed by atoms with Crippen LogP contribution in [0.2, 0.25) is 0 Å². The molecular formula is C36H58NO3+. The van der Waals surface area contributed by atoms with Crippen molar-refractivity contribution in [2.45, 2.75) is 123 Å². The third kappa shape index (κ3) is 14.9. The SMILES string of the molecule is CCCCCCCCCCCCCCc1ccc(OCCCCOC(=O)C(C)[N+](C)(C)Cc2ccccc2)cc1. The predicted octanol–water partition coefficient (Wildman–Crippen LogP) is 9.30. The first-order chi connectivity index (χ1) is 19.4. The van der Waals surface area contributed by atoms with E-state index in [1.165, 1.54) is 88.2 Å². The maximum Gasteiger partial charge on any atom is 0.364 e. The molecule has 0 radical (unpaired) electrons. The molecule has 2 aromatic rings. The Hall–Kier alpha value is -2.33. The van der Waals surface area contributed by atoms with E-state index >= 15 is 0 Å². The Labute approximate surface area is 246 Å². The molecule has 0 amide bonds. The van der Waals surface area contributed by atoms with Crippen molar-refractivity contribution in [3.05, 3.63) is 65.7 Å². The van der Waals surface area contributed by atoms with Gasteiger partial charge in [0.1, 0.15) is 12.3 Å². The van der Waals surface area contributed by atoms with E-state index < -0.39 is 0 Å². The molecule has 0 aliphatic rings. The maximum atomic E-state index is 12.6. The second-order valence-electron chi connectivity index (χ2n) is 12.1. The number of benzene rings is 2. The summed E-state index contributed by atoms with van der Waals surface area (Å²) in [5.74, 6) is 0.787. The molecule has 40 heavy (non-hydrogen) atoms. The second kappa shape index (κ2) is 20.5. The minimum atomic E-state index is -0.218. The molecule has 0 spiro atoms.